The fraction of sp³-hybridized carbons (Fsp3) is 0.304. The SMILES string of the molecule is CC(C)[C@@H](NC(=O)OCc1ccccc1)C(=O)N(C)Cc1nc2ccccc2c(=O)[nH]1. The largest absolute Gasteiger partial charge is 0.445 e. The fourth-order valence-electron chi connectivity index (χ4n) is 3.16. The molecule has 1 heterocycles. The Labute approximate surface area is 180 Å². The molecule has 31 heavy (non-hydrogen) atoms. The first kappa shape index (κ1) is 22.0. The van der Waals surface area contributed by atoms with Gasteiger partial charge in [-0.3, -0.25) is 9.59 Å². The van der Waals surface area contributed by atoms with Gasteiger partial charge in [0.1, 0.15) is 18.5 Å². The summed E-state index contributed by atoms with van der Waals surface area (Å²) in [6.45, 7) is 3.89. The minimum atomic E-state index is -0.777. The van der Waals surface area contributed by atoms with Crippen molar-refractivity contribution in [2.24, 2.45) is 5.92 Å². The number of rotatable bonds is 7. The molecule has 162 valence electrons. The van der Waals surface area contributed by atoms with Gasteiger partial charge in [0.25, 0.3) is 5.56 Å². The highest BCUT2D eigenvalue weighted by Crippen LogP contribution is 2.10. The predicted octanol–water partition coefficient (Wildman–Crippen LogP) is 2.83. The molecule has 0 saturated carbocycles. The quantitative estimate of drug-likeness (QED) is 0.609. The number of carbonyl (C=O) groups is 2. The smallest absolute Gasteiger partial charge is 0.408 e. The summed E-state index contributed by atoms with van der Waals surface area (Å²) in [4.78, 5) is 46.0. The third-order valence-corrected chi connectivity index (χ3v) is 4.84. The third-order valence-electron chi connectivity index (χ3n) is 4.84. The molecule has 0 spiro atoms. The molecule has 0 aliphatic rings. The average molecular weight is 422 g/mol. The number of carbonyl (C=O) groups excluding carboxylic acids is 2. The number of fused-ring (bicyclic) bond motifs is 1. The number of aromatic amines is 1. The first-order chi connectivity index (χ1) is 14.8. The lowest BCUT2D eigenvalue weighted by molar-refractivity contribution is -0.133. The van der Waals surface area contributed by atoms with Crippen molar-refractivity contribution in [3.8, 4) is 0 Å². The fourth-order valence-corrected chi connectivity index (χ4v) is 3.16. The van der Waals surface area contributed by atoms with E-state index in [9.17, 15) is 14.4 Å². The lowest BCUT2D eigenvalue weighted by atomic mass is 10.0. The summed E-state index contributed by atoms with van der Waals surface area (Å²) in [6, 6.07) is 15.5. The van der Waals surface area contributed by atoms with Crippen LogP contribution in [0.2, 0.25) is 0 Å². The van der Waals surface area contributed by atoms with Crippen LogP contribution in [-0.4, -0.2) is 40.0 Å². The molecular formula is C23H26N4O4. The molecule has 0 radical (unpaired) electrons. The molecule has 0 aliphatic carbocycles. The molecule has 0 unspecified atom stereocenters. The Hall–Kier alpha value is -3.68. The second-order valence-corrected chi connectivity index (χ2v) is 7.65. The Morgan fingerprint density at radius 2 is 1.77 bits per heavy atom. The van der Waals surface area contributed by atoms with E-state index in [2.05, 4.69) is 15.3 Å². The number of ether oxygens (including phenoxy) is 1. The molecular weight excluding hydrogens is 396 g/mol. The van der Waals surface area contributed by atoms with Gasteiger partial charge >= 0.3 is 6.09 Å². The van der Waals surface area contributed by atoms with Crippen molar-refractivity contribution < 1.29 is 14.3 Å². The molecule has 2 amide bonds. The molecule has 3 aromatic rings. The van der Waals surface area contributed by atoms with Crippen LogP contribution in [0.1, 0.15) is 25.2 Å². The maximum absolute atomic E-state index is 13.0. The van der Waals surface area contributed by atoms with E-state index >= 15 is 0 Å². The van der Waals surface area contributed by atoms with Gasteiger partial charge in [-0.15, -0.1) is 0 Å². The molecule has 1 atom stereocenters. The molecule has 0 fully saturated rings. The number of aromatic nitrogens is 2. The number of alkyl carbamates (subject to hydrolysis) is 1. The highest BCUT2D eigenvalue weighted by molar-refractivity contribution is 5.85. The van der Waals surface area contributed by atoms with Gasteiger partial charge in [0, 0.05) is 7.05 Å². The van der Waals surface area contributed by atoms with Crippen molar-refractivity contribution in [3.63, 3.8) is 0 Å². The van der Waals surface area contributed by atoms with Crippen LogP contribution >= 0.6 is 0 Å². The minimum Gasteiger partial charge on any atom is -0.445 e. The van der Waals surface area contributed by atoms with E-state index in [4.69, 9.17) is 4.74 Å². The number of nitrogens with one attached hydrogen (secondary N) is 2. The van der Waals surface area contributed by atoms with Crippen LogP contribution in [0.3, 0.4) is 0 Å². The van der Waals surface area contributed by atoms with Gasteiger partial charge in [-0.2, -0.15) is 0 Å². The third kappa shape index (κ3) is 5.69. The van der Waals surface area contributed by atoms with Crippen molar-refractivity contribution in [3.05, 3.63) is 76.3 Å². The Bertz CT molecular complexity index is 1110. The summed E-state index contributed by atoms with van der Waals surface area (Å²) in [5.41, 5.74) is 1.16. The van der Waals surface area contributed by atoms with Crippen LogP contribution in [0.25, 0.3) is 10.9 Å². The normalized spacial score (nSPS) is 11.9. The summed E-state index contributed by atoms with van der Waals surface area (Å²) in [5, 5.41) is 3.14. The Balaban J connectivity index is 1.65. The first-order valence-electron chi connectivity index (χ1n) is 10.0. The van der Waals surface area contributed by atoms with Crippen molar-refractivity contribution in [1.82, 2.24) is 20.2 Å². The number of likely N-dealkylation sites (N-methyl/N-ethyl adjacent to an activating group) is 1. The number of nitrogens with zero attached hydrogens (tertiary/aromatic N) is 2. The molecule has 0 bridgehead atoms. The van der Waals surface area contributed by atoms with Gasteiger partial charge in [0.05, 0.1) is 17.4 Å². The number of benzene rings is 2. The lowest BCUT2D eigenvalue weighted by Crippen LogP contribution is -2.50. The zero-order valence-electron chi connectivity index (χ0n) is 17.8. The number of H-pyrrole nitrogens is 1. The molecule has 8 nitrogen and oxygen atoms in total. The standard InChI is InChI=1S/C23H26N4O4/c1-15(2)20(26-23(30)31-14-16-9-5-4-6-10-16)22(29)27(3)13-19-24-18-12-8-7-11-17(18)21(28)25-19/h4-12,15,20H,13-14H2,1-3H3,(H,26,30)(H,24,25,28)/t20-/m1/s1. The Kier molecular flexibility index (Phi) is 7.02. The number of amides is 2. The predicted molar refractivity (Wildman–Crippen MR) is 117 cm³/mol. The van der Waals surface area contributed by atoms with E-state index in [1.165, 1.54) is 4.90 Å². The molecule has 2 N–H and O–H groups in total. The lowest BCUT2D eigenvalue weighted by Gasteiger charge is -2.26. The summed E-state index contributed by atoms with van der Waals surface area (Å²) in [6.07, 6.45) is -0.665. The second kappa shape index (κ2) is 9.88. The average Bonchev–Trinajstić information content (AvgIpc) is 2.76. The molecule has 3 rings (SSSR count). The maximum atomic E-state index is 13.0. The molecule has 8 heteroatoms. The van der Waals surface area contributed by atoms with Crippen molar-refractivity contribution in [2.75, 3.05) is 7.05 Å². The highest BCUT2D eigenvalue weighted by Gasteiger charge is 2.28. The van der Waals surface area contributed by atoms with Crippen LogP contribution in [-0.2, 0) is 22.7 Å². The van der Waals surface area contributed by atoms with Crippen molar-refractivity contribution >= 4 is 22.9 Å². The van der Waals surface area contributed by atoms with Crippen LogP contribution in [0.5, 0.6) is 0 Å². The van der Waals surface area contributed by atoms with E-state index in [0.717, 1.165) is 5.56 Å². The number of para-hydroxylation sites is 1. The molecule has 0 aliphatic heterocycles. The Morgan fingerprint density at radius 1 is 1.10 bits per heavy atom. The first-order valence-corrected chi connectivity index (χ1v) is 10.0. The number of hydrogen-bond donors (Lipinski definition) is 2. The van der Waals surface area contributed by atoms with E-state index in [-0.39, 0.29) is 30.5 Å². The topological polar surface area (TPSA) is 104 Å². The summed E-state index contributed by atoms with van der Waals surface area (Å²) < 4.78 is 5.24. The van der Waals surface area contributed by atoms with Gasteiger partial charge in [-0.25, -0.2) is 9.78 Å². The Morgan fingerprint density at radius 3 is 2.48 bits per heavy atom. The number of hydrogen-bond acceptors (Lipinski definition) is 5. The summed E-state index contributed by atoms with van der Waals surface area (Å²) in [7, 11) is 1.60. The maximum Gasteiger partial charge on any atom is 0.408 e. The second-order valence-electron chi connectivity index (χ2n) is 7.65. The van der Waals surface area contributed by atoms with Crippen LogP contribution < -0.4 is 10.9 Å². The van der Waals surface area contributed by atoms with E-state index in [0.29, 0.717) is 16.7 Å². The van der Waals surface area contributed by atoms with Gasteiger partial charge in [-0.05, 0) is 23.6 Å². The summed E-state index contributed by atoms with van der Waals surface area (Å²) >= 11 is 0. The molecule has 2 aromatic carbocycles. The van der Waals surface area contributed by atoms with Gasteiger partial charge < -0.3 is 19.9 Å². The van der Waals surface area contributed by atoms with E-state index < -0.39 is 12.1 Å². The summed E-state index contributed by atoms with van der Waals surface area (Å²) in [5.74, 6) is -0.0981. The molecule has 0 saturated heterocycles. The van der Waals surface area contributed by atoms with Crippen LogP contribution in [0.15, 0.2) is 59.4 Å². The van der Waals surface area contributed by atoms with Gasteiger partial charge in [0.2, 0.25) is 5.91 Å². The minimum absolute atomic E-state index is 0.100. The van der Waals surface area contributed by atoms with Crippen LogP contribution in [0, 0.1) is 5.92 Å². The van der Waals surface area contributed by atoms with E-state index in [1.54, 1.807) is 31.3 Å². The van der Waals surface area contributed by atoms with Crippen molar-refractivity contribution in [1.29, 1.82) is 0 Å². The zero-order chi connectivity index (χ0) is 22.4. The van der Waals surface area contributed by atoms with Gasteiger partial charge in [0.15, 0.2) is 0 Å². The zero-order valence-corrected chi connectivity index (χ0v) is 17.8. The van der Waals surface area contributed by atoms with E-state index in [1.807, 2.05) is 44.2 Å². The monoisotopic (exact) mass is 422 g/mol. The highest BCUT2D eigenvalue weighted by atomic mass is 16.5. The van der Waals surface area contributed by atoms with Gasteiger partial charge in [-0.1, -0.05) is 56.3 Å². The molecule has 1 aromatic heterocycles. The van der Waals surface area contributed by atoms with Crippen LogP contribution in [0.4, 0.5) is 4.79 Å². The van der Waals surface area contributed by atoms with Crippen molar-refractivity contribution in [2.45, 2.75) is 33.0 Å².